The van der Waals surface area contributed by atoms with Crippen LogP contribution < -0.4 is 16.5 Å². The van der Waals surface area contributed by atoms with Crippen LogP contribution in [0.25, 0.3) is 0 Å². The van der Waals surface area contributed by atoms with E-state index in [4.69, 9.17) is 20.7 Å². The van der Waals surface area contributed by atoms with E-state index in [-0.39, 0.29) is 29.3 Å². The molecule has 168 valence electrons. The molecular formula is C19H23F2N5O5. The number of hydrazone groups is 1. The summed E-state index contributed by atoms with van der Waals surface area (Å²) in [5.41, 5.74) is 7.22. The maximum atomic E-state index is 13.0. The number of halogens is 2. The Morgan fingerprint density at radius 1 is 1.23 bits per heavy atom. The summed E-state index contributed by atoms with van der Waals surface area (Å²) in [4.78, 5) is 26.7. The van der Waals surface area contributed by atoms with Crippen LogP contribution in [0.5, 0.6) is 0 Å². The van der Waals surface area contributed by atoms with E-state index in [2.05, 4.69) is 20.8 Å². The molecule has 1 heterocycles. The largest absolute Gasteiger partial charge is 0.478 e. The van der Waals surface area contributed by atoms with Crippen LogP contribution in [0.3, 0.4) is 0 Å². The molecule has 0 aliphatic rings. The summed E-state index contributed by atoms with van der Waals surface area (Å²) in [5, 5.41) is 23.1. The van der Waals surface area contributed by atoms with E-state index in [1.807, 2.05) is 0 Å². The zero-order valence-corrected chi connectivity index (χ0v) is 16.6. The Morgan fingerprint density at radius 2 is 1.90 bits per heavy atom. The molecule has 0 unspecified atom stereocenters. The number of hydrogen-bond donors (Lipinski definition) is 5. The van der Waals surface area contributed by atoms with Crippen molar-refractivity contribution < 1.29 is 33.3 Å². The monoisotopic (exact) mass is 439 g/mol. The Labute approximate surface area is 176 Å². The second kappa shape index (κ2) is 13.7. The molecule has 1 aromatic carbocycles. The molecule has 12 heteroatoms. The van der Waals surface area contributed by atoms with Gasteiger partial charge >= 0.3 is 12.0 Å². The zero-order valence-electron chi connectivity index (χ0n) is 16.6. The molecule has 0 fully saturated rings. The number of hydrogen-bond acceptors (Lipinski definition) is 7. The van der Waals surface area contributed by atoms with Crippen LogP contribution in [0.15, 0.2) is 41.6 Å². The minimum Gasteiger partial charge on any atom is -0.478 e. The van der Waals surface area contributed by atoms with Gasteiger partial charge in [0, 0.05) is 24.5 Å². The van der Waals surface area contributed by atoms with Gasteiger partial charge in [-0.15, -0.1) is 0 Å². The molecule has 0 saturated carbocycles. The van der Waals surface area contributed by atoms with Crippen LogP contribution in [0.4, 0.5) is 19.3 Å². The van der Waals surface area contributed by atoms with Gasteiger partial charge in [-0.1, -0.05) is 0 Å². The summed E-state index contributed by atoms with van der Waals surface area (Å²) in [6, 6.07) is 4.48. The molecule has 0 spiro atoms. The highest BCUT2D eigenvalue weighted by Gasteiger charge is 2.13. The van der Waals surface area contributed by atoms with Crippen LogP contribution >= 0.6 is 0 Å². The third-order valence-electron chi connectivity index (χ3n) is 3.32. The number of urea groups is 1. The Bertz CT molecular complexity index is 887. The topological polar surface area (TPSA) is 159 Å². The molecule has 0 bridgehead atoms. The molecule has 2 rings (SSSR count). The second-order valence-corrected chi connectivity index (χ2v) is 5.75. The lowest BCUT2D eigenvalue weighted by atomic mass is 10.1. The SMILES string of the molecule is CC(=NNC(=O)Nc1cc(F)cc(F)c1)c1ncccc1C(=O)O.NCCOCCO. The van der Waals surface area contributed by atoms with Gasteiger partial charge < -0.3 is 26.0 Å². The Morgan fingerprint density at radius 3 is 2.48 bits per heavy atom. The molecule has 0 aliphatic heterocycles. The molecular weight excluding hydrogens is 416 g/mol. The number of aliphatic hydroxyl groups is 1. The Hall–Kier alpha value is -3.48. The average Bonchev–Trinajstić information content (AvgIpc) is 2.72. The minimum atomic E-state index is -1.19. The van der Waals surface area contributed by atoms with Crippen molar-refractivity contribution in [1.82, 2.24) is 10.4 Å². The number of amides is 2. The lowest BCUT2D eigenvalue weighted by Gasteiger charge is -2.07. The fraction of sp³-hybridized carbons (Fsp3) is 0.263. The summed E-state index contributed by atoms with van der Waals surface area (Å²) in [7, 11) is 0. The number of carboxylic acid groups (broad SMARTS) is 1. The number of ether oxygens (including phenoxy) is 1. The standard InChI is InChI=1S/C15H12F2N4O3.C4H11NO2/c1-8(13-12(14(22)23)3-2-4-18-13)20-21-15(24)19-11-6-9(16)5-10(17)7-11;5-1-3-7-4-2-6/h2-7H,1H3,(H,22,23)(H2,19,21,24);6H,1-5H2. The summed E-state index contributed by atoms with van der Waals surface area (Å²) in [6.45, 7) is 3.01. The molecule has 2 aromatic rings. The summed E-state index contributed by atoms with van der Waals surface area (Å²) >= 11 is 0. The van der Waals surface area contributed by atoms with Gasteiger partial charge in [0.25, 0.3) is 0 Å². The van der Waals surface area contributed by atoms with Crippen LogP contribution in [0.2, 0.25) is 0 Å². The highest BCUT2D eigenvalue weighted by molar-refractivity contribution is 6.06. The number of aliphatic hydroxyl groups excluding tert-OH is 1. The number of pyridine rings is 1. The highest BCUT2D eigenvalue weighted by Crippen LogP contribution is 2.12. The molecule has 6 N–H and O–H groups in total. The Kier molecular flexibility index (Phi) is 11.3. The van der Waals surface area contributed by atoms with Gasteiger partial charge in [-0.05, 0) is 31.2 Å². The van der Waals surface area contributed by atoms with Gasteiger partial charge in [0.05, 0.1) is 31.1 Å². The molecule has 0 saturated heterocycles. The van der Waals surface area contributed by atoms with Crippen molar-refractivity contribution in [1.29, 1.82) is 0 Å². The highest BCUT2D eigenvalue weighted by atomic mass is 19.1. The van der Waals surface area contributed by atoms with E-state index in [1.165, 1.54) is 25.3 Å². The zero-order chi connectivity index (χ0) is 23.2. The van der Waals surface area contributed by atoms with Crippen molar-refractivity contribution in [3.05, 3.63) is 59.4 Å². The number of nitrogens with two attached hydrogens (primary N) is 1. The van der Waals surface area contributed by atoms with Gasteiger partial charge in [-0.25, -0.2) is 23.8 Å². The first-order chi connectivity index (χ1) is 14.8. The van der Waals surface area contributed by atoms with Gasteiger partial charge in [-0.2, -0.15) is 5.10 Å². The van der Waals surface area contributed by atoms with Crippen molar-refractivity contribution >= 4 is 23.4 Å². The first kappa shape index (κ1) is 25.6. The van der Waals surface area contributed by atoms with E-state index < -0.39 is 23.6 Å². The van der Waals surface area contributed by atoms with Gasteiger partial charge in [0.1, 0.15) is 17.3 Å². The van der Waals surface area contributed by atoms with E-state index in [0.717, 1.165) is 12.1 Å². The normalized spacial score (nSPS) is 10.7. The van der Waals surface area contributed by atoms with E-state index in [9.17, 15) is 18.4 Å². The van der Waals surface area contributed by atoms with Crippen molar-refractivity contribution in [3.8, 4) is 0 Å². The van der Waals surface area contributed by atoms with Gasteiger partial charge in [0.15, 0.2) is 0 Å². The van der Waals surface area contributed by atoms with E-state index >= 15 is 0 Å². The van der Waals surface area contributed by atoms with Crippen LogP contribution in [-0.4, -0.2) is 59.3 Å². The smallest absolute Gasteiger partial charge is 0.339 e. The molecule has 2 amide bonds. The first-order valence-corrected chi connectivity index (χ1v) is 8.93. The number of benzene rings is 1. The minimum absolute atomic E-state index is 0.0758. The number of carbonyl (C=O) groups is 2. The lowest BCUT2D eigenvalue weighted by Crippen LogP contribution is -2.26. The number of carboxylic acids is 1. The molecule has 31 heavy (non-hydrogen) atoms. The predicted molar refractivity (Wildman–Crippen MR) is 109 cm³/mol. The fourth-order valence-electron chi connectivity index (χ4n) is 2.09. The van der Waals surface area contributed by atoms with Crippen LogP contribution in [0, 0.1) is 11.6 Å². The number of nitrogens with zero attached hydrogens (tertiary/aromatic N) is 2. The molecule has 0 radical (unpaired) electrons. The first-order valence-electron chi connectivity index (χ1n) is 8.93. The van der Waals surface area contributed by atoms with Gasteiger partial charge in [0.2, 0.25) is 0 Å². The lowest BCUT2D eigenvalue weighted by molar-refractivity contribution is 0.0696. The van der Waals surface area contributed by atoms with Gasteiger partial charge in [-0.3, -0.25) is 4.98 Å². The van der Waals surface area contributed by atoms with E-state index in [0.29, 0.717) is 25.8 Å². The third-order valence-corrected chi connectivity index (χ3v) is 3.32. The van der Waals surface area contributed by atoms with Crippen LogP contribution in [0.1, 0.15) is 23.0 Å². The number of rotatable bonds is 8. The third kappa shape index (κ3) is 9.71. The van der Waals surface area contributed by atoms with Crippen molar-refractivity contribution in [2.75, 3.05) is 31.7 Å². The molecule has 1 aromatic heterocycles. The maximum absolute atomic E-state index is 13.0. The number of aromatic carboxylic acids is 1. The maximum Gasteiger partial charge on any atom is 0.339 e. The van der Waals surface area contributed by atoms with Crippen molar-refractivity contribution in [2.24, 2.45) is 10.8 Å². The number of aromatic nitrogens is 1. The molecule has 10 nitrogen and oxygen atoms in total. The number of carbonyl (C=O) groups excluding carboxylic acids is 1. The van der Waals surface area contributed by atoms with E-state index in [1.54, 1.807) is 0 Å². The number of anilines is 1. The Balaban J connectivity index is 0.000000592. The summed E-state index contributed by atoms with van der Waals surface area (Å²) in [5.74, 6) is -2.87. The fourth-order valence-corrected chi connectivity index (χ4v) is 2.09. The second-order valence-electron chi connectivity index (χ2n) is 5.75. The van der Waals surface area contributed by atoms with Crippen molar-refractivity contribution in [3.63, 3.8) is 0 Å². The number of nitrogens with one attached hydrogen (secondary N) is 2. The summed E-state index contributed by atoms with van der Waals surface area (Å²) < 4.78 is 30.8. The summed E-state index contributed by atoms with van der Waals surface area (Å²) in [6.07, 6.45) is 1.39. The quantitative estimate of drug-likeness (QED) is 0.237. The molecule has 0 atom stereocenters. The van der Waals surface area contributed by atoms with Crippen LogP contribution in [-0.2, 0) is 4.74 Å². The van der Waals surface area contributed by atoms with Crippen molar-refractivity contribution in [2.45, 2.75) is 6.92 Å². The predicted octanol–water partition coefficient (Wildman–Crippen LogP) is 1.56. The average molecular weight is 439 g/mol. The molecule has 0 aliphatic carbocycles.